The number of ether oxygens (including phenoxy) is 2. The van der Waals surface area contributed by atoms with Crippen molar-refractivity contribution in [2.24, 2.45) is 5.73 Å². The van der Waals surface area contributed by atoms with Crippen LogP contribution in [0.25, 0.3) is 0 Å². The molecule has 1 aliphatic heterocycles. The quantitative estimate of drug-likeness (QED) is 0.373. The second-order valence-electron chi connectivity index (χ2n) is 9.01. The van der Waals surface area contributed by atoms with Gasteiger partial charge in [0.05, 0.1) is 37.4 Å². The van der Waals surface area contributed by atoms with E-state index in [1.54, 1.807) is 60.7 Å². The molecule has 8 heteroatoms. The molecule has 0 fully saturated rings. The van der Waals surface area contributed by atoms with Gasteiger partial charge in [0.25, 0.3) is 0 Å². The van der Waals surface area contributed by atoms with Gasteiger partial charge in [-0.1, -0.05) is 54.6 Å². The summed E-state index contributed by atoms with van der Waals surface area (Å²) in [7, 11) is 2.37. The number of nitriles is 1. The van der Waals surface area contributed by atoms with E-state index in [0.717, 1.165) is 11.1 Å². The van der Waals surface area contributed by atoms with Crippen LogP contribution in [-0.2, 0) is 19.1 Å². The zero-order valence-corrected chi connectivity index (χ0v) is 22.0. The fourth-order valence-corrected chi connectivity index (χ4v) is 4.62. The molecule has 1 atom stereocenters. The van der Waals surface area contributed by atoms with Gasteiger partial charge in [-0.05, 0) is 48.7 Å². The lowest BCUT2D eigenvalue weighted by molar-refractivity contribution is -0.139. The van der Waals surface area contributed by atoms with Crippen molar-refractivity contribution in [1.29, 1.82) is 5.26 Å². The topological polar surface area (TPSA) is 123 Å². The molecule has 3 aromatic rings. The normalized spacial score (nSPS) is 15.1. The molecule has 1 aliphatic rings. The minimum atomic E-state index is -0.977. The summed E-state index contributed by atoms with van der Waals surface area (Å²) in [6, 6.07) is 22.8. The average molecular weight is 522 g/mol. The first-order valence-corrected chi connectivity index (χ1v) is 12.1. The maximum Gasteiger partial charge on any atom is 0.355 e. The van der Waals surface area contributed by atoms with Gasteiger partial charge in [0.2, 0.25) is 0 Å². The number of nitrogens with zero attached hydrogens (tertiary/aromatic N) is 2. The zero-order chi connectivity index (χ0) is 28.3. The molecular weight excluding hydrogens is 494 g/mol. The Labute approximate surface area is 226 Å². The second kappa shape index (κ2) is 11.1. The van der Waals surface area contributed by atoms with Crippen molar-refractivity contribution >= 4 is 23.4 Å². The summed E-state index contributed by atoms with van der Waals surface area (Å²) in [5.74, 6) is -2.97. The molecular formula is C31H27N3O5. The summed E-state index contributed by atoms with van der Waals surface area (Å²) in [5, 5.41) is 10.2. The van der Waals surface area contributed by atoms with E-state index in [1.165, 1.54) is 19.1 Å². The highest BCUT2D eigenvalue weighted by Crippen LogP contribution is 2.43. The number of rotatable bonds is 6. The minimum absolute atomic E-state index is 0.0418. The van der Waals surface area contributed by atoms with Crippen molar-refractivity contribution in [2.75, 3.05) is 19.1 Å². The highest BCUT2D eigenvalue weighted by Gasteiger charge is 2.43. The van der Waals surface area contributed by atoms with E-state index in [4.69, 9.17) is 15.2 Å². The first-order chi connectivity index (χ1) is 18.7. The van der Waals surface area contributed by atoms with Gasteiger partial charge >= 0.3 is 11.9 Å². The smallest absolute Gasteiger partial charge is 0.355 e. The highest BCUT2D eigenvalue weighted by molar-refractivity contribution is 6.10. The summed E-state index contributed by atoms with van der Waals surface area (Å²) < 4.78 is 10.1. The summed E-state index contributed by atoms with van der Waals surface area (Å²) in [6.45, 7) is 3.89. The van der Waals surface area contributed by atoms with Gasteiger partial charge in [-0.2, -0.15) is 5.26 Å². The van der Waals surface area contributed by atoms with Crippen LogP contribution in [-0.4, -0.2) is 31.9 Å². The molecule has 2 N–H and O–H groups in total. The predicted molar refractivity (Wildman–Crippen MR) is 145 cm³/mol. The number of allylic oxidation sites excluding steroid dienone is 1. The summed E-state index contributed by atoms with van der Waals surface area (Å²) in [6.07, 6.45) is 0. The SMILES string of the molecule is COC(=O)C1=C(C(=O)OC)N(c2cccc(C(=O)c3ccc(C)c(C)c3)c2)C(N)=C(C#N)C1c1ccccc1. The zero-order valence-electron chi connectivity index (χ0n) is 22.0. The van der Waals surface area contributed by atoms with E-state index in [2.05, 4.69) is 6.07 Å². The third-order valence-electron chi connectivity index (χ3n) is 6.75. The molecule has 39 heavy (non-hydrogen) atoms. The predicted octanol–water partition coefficient (Wildman–Crippen LogP) is 4.43. The molecule has 0 aliphatic carbocycles. The van der Waals surface area contributed by atoms with Crippen molar-refractivity contribution in [3.63, 3.8) is 0 Å². The Morgan fingerprint density at radius 3 is 2.13 bits per heavy atom. The Kier molecular flexibility index (Phi) is 7.63. The summed E-state index contributed by atoms with van der Waals surface area (Å²) >= 11 is 0. The van der Waals surface area contributed by atoms with E-state index in [-0.39, 0.29) is 28.4 Å². The largest absolute Gasteiger partial charge is 0.466 e. The van der Waals surface area contributed by atoms with Crippen molar-refractivity contribution in [1.82, 2.24) is 0 Å². The number of aryl methyl sites for hydroxylation is 2. The van der Waals surface area contributed by atoms with Gasteiger partial charge in [-0.3, -0.25) is 9.69 Å². The van der Waals surface area contributed by atoms with E-state index in [0.29, 0.717) is 22.4 Å². The number of methoxy groups -OCH3 is 2. The van der Waals surface area contributed by atoms with Gasteiger partial charge < -0.3 is 15.2 Å². The first kappa shape index (κ1) is 26.9. The molecule has 0 bridgehead atoms. The van der Waals surface area contributed by atoms with Crippen LogP contribution in [0, 0.1) is 25.2 Å². The van der Waals surface area contributed by atoms with Crippen molar-refractivity contribution in [3.05, 3.63) is 123 Å². The van der Waals surface area contributed by atoms with Gasteiger partial charge in [-0.15, -0.1) is 0 Å². The number of carbonyl (C=O) groups excluding carboxylic acids is 3. The molecule has 4 rings (SSSR count). The molecule has 1 unspecified atom stereocenters. The molecule has 196 valence electrons. The first-order valence-electron chi connectivity index (χ1n) is 12.1. The Morgan fingerprint density at radius 2 is 1.51 bits per heavy atom. The van der Waals surface area contributed by atoms with Gasteiger partial charge in [-0.25, -0.2) is 9.59 Å². The number of benzene rings is 3. The standard InChI is InChI=1S/C31H27N3O5/c1-18-13-14-22(15-19(18)2)28(35)21-11-8-12-23(16-21)34-27(31(37)39-4)26(30(36)38-3)25(24(17-32)29(34)33)20-9-6-5-7-10-20/h5-16,25H,33H2,1-4H3. The van der Waals surface area contributed by atoms with Gasteiger partial charge in [0, 0.05) is 16.8 Å². The number of esters is 2. The molecule has 8 nitrogen and oxygen atoms in total. The lowest BCUT2D eigenvalue weighted by atomic mass is 9.81. The van der Waals surface area contributed by atoms with E-state index in [1.807, 2.05) is 26.0 Å². The fraction of sp³-hybridized carbons (Fsp3) is 0.161. The monoisotopic (exact) mass is 521 g/mol. The Bertz CT molecular complexity index is 1580. The van der Waals surface area contributed by atoms with Crippen molar-refractivity contribution in [3.8, 4) is 6.07 Å². The second-order valence-corrected chi connectivity index (χ2v) is 9.01. The average Bonchev–Trinajstić information content (AvgIpc) is 2.97. The van der Waals surface area contributed by atoms with Crippen molar-refractivity contribution in [2.45, 2.75) is 19.8 Å². The maximum absolute atomic E-state index is 13.4. The van der Waals surface area contributed by atoms with E-state index >= 15 is 0 Å². The maximum atomic E-state index is 13.4. The number of carbonyl (C=O) groups is 3. The number of anilines is 1. The third kappa shape index (κ3) is 4.90. The molecule has 0 saturated heterocycles. The Balaban J connectivity index is 1.96. The van der Waals surface area contributed by atoms with Crippen LogP contribution in [0.15, 0.2) is 95.5 Å². The minimum Gasteiger partial charge on any atom is -0.466 e. The van der Waals surface area contributed by atoms with Crippen LogP contribution in [0.1, 0.15) is 38.5 Å². The molecule has 0 saturated carbocycles. The highest BCUT2D eigenvalue weighted by atomic mass is 16.5. The van der Waals surface area contributed by atoms with Crippen LogP contribution in [0.2, 0.25) is 0 Å². The van der Waals surface area contributed by atoms with Crippen LogP contribution in [0.5, 0.6) is 0 Å². The lowest BCUT2D eigenvalue weighted by Gasteiger charge is -2.36. The van der Waals surface area contributed by atoms with Crippen LogP contribution in [0.3, 0.4) is 0 Å². The molecule has 0 amide bonds. The number of hydrogen-bond donors (Lipinski definition) is 1. The summed E-state index contributed by atoms with van der Waals surface area (Å²) in [4.78, 5) is 41.1. The molecule has 0 spiro atoms. The number of nitrogens with two attached hydrogens (primary N) is 1. The van der Waals surface area contributed by atoms with Crippen molar-refractivity contribution < 1.29 is 23.9 Å². The molecule has 1 heterocycles. The third-order valence-corrected chi connectivity index (χ3v) is 6.75. The van der Waals surface area contributed by atoms with Crippen LogP contribution < -0.4 is 10.6 Å². The van der Waals surface area contributed by atoms with E-state index < -0.39 is 17.9 Å². The van der Waals surface area contributed by atoms with E-state index in [9.17, 15) is 19.6 Å². The van der Waals surface area contributed by atoms with Crippen LogP contribution >= 0.6 is 0 Å². The molecule has 0 aromatic heterocycles. The Morgan fingerprint density at radius 1 is 0.846 bits per heavy atom. The van der Waals surface area contributed by atoms with Crippen LogP contribution in [0.4, 0.5) is 5.69 Å². The number of ketones is 1. The number of hydrogen-bond acceptors (Lipinski definition) is 8. The molecule has 3 aromatic carbocycles. The summed E-state index contributed by atoms with van der Waals surface area (Å²) in [5.41, 5.74) is 10.0. The fourth-order valence-electron chi connectivity index (χ4n) is 4.62. The lowest BCUT2D eigenvalue weighted by Crippen LogP contribution is -2.40. The van der Waals surface area contributed by atoms with Gasteiger partial charge in [0.1, 0.15) is 11.5 Å². The van der Waals surface area contributed by atoms with Gasteiger partial charge in [0.15, 0.2) is 5.78 Å². The Hall–Kier alpha value is -5.16. The molecule has 0 radical (unpaired) electrons.